The Labute approximate surface area is 122 Å². The van der Waals surface area contributed by atoms with Gasteiger partial charge in [0.25, 0.3) is 0 Å². The van der Waals surface area contributed by atoms with E-state index >= 15 is 0 Å². The number of nitrogens with one attached hydrogen (secondary N) is 2. The van der Waals surface area contributed by atoms with Crippen LogP contribution in [0.5, 0.6) is 0 Å². The number of carbonyl (C=O) groups is 1. The molecule has 0 bridgehead atoms. The lowest BCUT2D eigenvalue weighted by molar-refractivity contribution is -0.118. The van der Waals surface area contributed by atoms with Gasteiger partial charge in [-0.1, -0.05) is 42.5 Å². The second-order valence-electron chi connectivity index (χ2n) is 5.50. The van der Waals surface area contributed by atoms with Crippen LogP contribution < -0.4 is 5.32 Å². The molecular formula is C17H15N3O. The van der Waals surface area contributed by atoms with E-state index in [0.717, 1.165) is 29.4 Å². The van der Waals surface area contributed by atoms with Gasteiger partial charge in [-0.15, -0.1) is 0 Å². The highest BCUT2D eigenvalue weighted by atomic mass is 16.2. The van der Waals surface area contributed by atoms with Crippen molar-refractivity contribution < 1.29 is 4.79 Å². The highest BCUT2D eigenvalue weighted by Gasteiger charge is 2.51. The molecule has 4 heteroatoms. The van der Waals surface area contributed by atoms with Gasteiger partial charge in [-0.3, -0.25) is 10.1 Å². The first-order valence-electron chi connectivity index (χ1n) is 7.10. The summed E-state index contributed by atoms with van der Waals surface area (Å²) < 4.78 is 0. The number of H-pyrrole nitrogens is 1. The third-order valence-electron chi connectivity index (χ3n) is 4.13. The van der Waals surface area contributed by atoms with Gasteiger partial charge in [0, 0.05) is 0 Å². The summed E-state index contributed by atoms with van der Waals surface area (Å²) in [5.74, 6) is 0.538. The van der Waals surface area contributed by atoms with E-state index in [1.165, 1.54) is 0 Å². The standard InChI is InChI=1S/C17H15N3O/c21-15(17(10-11-17)12-6-2-1-3-7-12)20-16-18-13-8-4-5-9-14(13)19-16/h1-9H,10-11H2,(H2,18,19,20,21). The van der Waals surface area contributed by atoms with E-state index in [1.54, 1.807) is 0 Å². The number of rotatable bonds is 3. The number of para-hydroxylation sites is 2. The van der Waals surface area contributed by atoms with Gasteiger partial charge < -0.3 is 4.98 Å². The molecule has 4 rings (SSSR count). The van der Waals surface area contributed by atoms with Gasteiger partial charge in [0.15, 0.2) is 0 Å². The van der Waals surface area contributed by atoms with Crippen LogP contribution in [0.4, 0.5) is 5.95 Å². The van der Waals surface area contributed by atoms with Gasteiger partial charge in [-0.25, -0.2) is 4.98 Å². The van der Waals surface area contributed by atoms with E-state index in [1.807, 2.05) is 54.6 Å². The average molecular weight is 277 g/mol. The molecule has 1 aliphatic carbocycles. The van der Waals surface area contributed by atoms with E-state index in [9.17, 15) is 4.79 Å². The molecule has 1 heterocycles. The Morgan fingerprint density at radius 2 is 1.76 bits per heavy atom. The van der Waals surface area contributed by atoms with Gasteiger partial charge in [-0.2, -0.15) is 0 Å². The van der Waals surface area contributed by atoms with Gasteiger partial charge in [-0.05, 0) is 30.5 Å². The van der Waals surface area contributed by atoms with E-state index in [2.05, 4.69) is 15.3 Å². The first kappa shape index (κ1) is 12.1. The highest BCUT2D eigenvalue weighted by molar-refractivity contribution is 6.01. The van der Waals surface area contributed by atoms with Crippen molar-refractivity contribution in [2.45, 2.75) is 18.3 Å². The van der Waals surface area contributed by atoms with Crippen molar-refractivity contribution >= 4 is 22.9 Å². The monoisotopic (exact) mass is 277 g/mol. The normalized spacial score (nSPS) is 15.8. The van der Waals surface area contributed by atoms with Crippen molar-refractivity contribution in [3.63, 3.8) is 0 Å². The second kappa shape index (κ2) is 4.45. The molecule has 3 aromatic rings. The first-order chi connectivity index (χ1) is 10.3. The number of amides is 1. The number of benzene rings is 2. The fourth-order valence-corrected chi connectivity index (χ4v) is 2.77. The smallest absolute Gasteiger partial charge is 0.237 e. The molecule has 0 saturated heterocycles. The number of imidazole rings is 1. The van der Waals surface area contributed by atoms with Crippen LogP contribution in [0.1, 0.15) is 18.4 Å². The molecule has 104 valence electrons. The van der Waals surface area contributed by atoms with Crippen molar-refractivity contribution in [3.05, 3.63) is 60.2 Å². The maximum atomic E-state index is 12.6. The number of hydrogen-bond acceptors (Lipinski definition) is 2. The minimum atomic E-state index is -0.375. The lowest BCUT2D eigenvalue weighted by atomic mass is 9.95. The molecule has 0 unspecified atom stereocenters. The summed E-state index contributed by atoms with van der Waals surface area (Å²) in [5.41, 5.74) is 2.49. The lowest BCUT2D eigenvalue weighted by Gasteiger charge is -2.14. The van der Waals surface area contributed by atoms with Gasteiger partial charge in [0.05, 0.1) is 16.4 Å². The number of carbonyl (C=O) groups excluding carboxylic acids is 1. The second-order valence-corrected chi connectivity index (χ2v) is 5.50. The molecule has 21 heavy (non-hydrogen) atoms. The number of fused-ring (bicyclic) bond motifs is 1. The van der Waals surface area contributed by atoms with Crippen molar-refractivity contribution in [1.82, 2.24) is 9.97 Å². The topological polar surface area (TPSA) is 57.8 Å². The van der Waals surface area contributed by atoms with Crippen molar-refractivity contribution in [2.24, 2.45) is 0 Å². The van der Waals surface area contributed by atoms with Crippen LogP contribution in [0.2, 0.25) is 0 Å². The number of nitrogens with zero attached hydrogens (tertiary/aromatic N) is 1. The minimum absolute atomic E-state index is 0.0211. The molecule has 2 N–H and O–H groups in total. The van der Waals surface area contributed by atoms with Crippen molar-refractivity contribution in [3.8, 4) is 0 Å². The molecule has 1 aromatic heterocycles. The number of aromatic nitrogens is 2. The molecule has 1 amide bonds. The third-order valence-corrected chi connectivity index (χ3v) is 4.13. The number of aromatic amines is 1. The summed E-state index contributed by atoms with van der Waals surface area (Å²) >= 11 is 0. The van der Waals surface area contributed by atoms with Gasteiger partial charge >= 0.3 is 0 Å². The molecule has 2 aromatic carbocycles. The predicted molar refractivity (Wildman–Crippen MR) is 82.1 cm³/mol. The van der Waals surface area contributed by atoms with E-state index in [-0.39, 0.29) is 11.3 Å². The molecule has 0 spiro atoms. The summed E-state index contributed by atoms with van der Waals surface area (Å²) in [6.45, 7) is 0. The Kier molecular flexibility index (Phi) is 2.57. The van der Waals surface area contributed by atoms with Crippen molar-refractivity contribution in [1.29, 1.82) is 0 Å². The van der Waals surface area contributed by atoms with Crippen molar-refractivity contribution in [2.75, 3.05) is 5.32 Å². The average Bonchev–Trinajstić information content (AvgIpc) is 3.23. The fourth-order valence-electron chi connectivity index (χ4n) is 2.77. The van der Waals surface area contributed by atoms with Gasteiger partial charge in [0.1, 0.15) is 0 Å². The van der Waals surface area contributed by atoms with Crippen LogP contribution in [0.15, 0.2) is 54.6 Å². The zero-order chi connectivity index (χ0) is 14.3. The number of hydrogen-bond donors (Lipinski definition) is 2. The molecular weight excluding hydrogens is 262 g/mol. The third kappa shape index (κ3) is 2.00. The SMILES string of the molecule is O=C(Nc1nc2ccccc2[nH]1)C1(c2ccccc2)CC1. The van der Waals surface area contributed by atoms with Crippen LogP contribution in [0, 0.1) is 0 Å². The van der Waals surface area contributed by atoms with E-state index in [4.69, 9.17) is 0 Å². The maximum Gasteiger partial charge on any atom is 0.237 e. The first-order valence-corrected chi connectivity index (χ1v) is 7.10. The van der Waals surface area contributed by atoms with Crippen LogP contribution in [0.3, 0.4) is 0 Å². The molecule has 0 radical (unpaired) electrons. The van der Waals surface area contributed by atoms with Crippen LogP contribution >= 0.6 is 0 Å². The predicted octanol–water partition coefficient (Wildman–Crippen LogP) is 3.23. The Hall–Kier alpha value is -2.62. The summed E-state index contributed by atoms with van der Waals surface area (Å²) in [4.78, 5) is 20.1. The Morgan fingerprint density at radius 3 is 2.48 bits per heavy atom. The Bertz CT molecular complexity index is 770. The lowest BCUT2D eigenvalue weighted by Crippen LogP contribution is -2.28. The van der Waals surface area contributed by atoms with E-state index < -0.39 is 0 Å². The van der Waals surface area contributed by atoms with Gasteiger partial charge in [0.2, 0.25) is 11.9 Å². The highest BCUT2D eigenvalue weighted by Crippen LogP contribution is 2.48. The molecule has 1 saturated carbocycles. The summed E-state index contributed by atoms with van der Waals surface area (Å²) in [6.07, 6.45) is 1.78. The summed E-state index contributed by atoms with van der Waals surface area (Å²) in [7, 11) is 0. The molecule has 0 aliphatic heterocycles. The summed E-state index contributed by atoms with van der Waals surface area (Å²) in [5, 5.41) is 2.93. The zero-order valence-corrected chi connectivity index (χ0v) is 11.5. The zero-order valence-electron chi connectivity index (χ0n) is 11.5. The molecule has 1 aliphatic rings. The minimum Gasteiger partial charge on any atom is -0.324 e. The molecule has 0 atom stereocenters. The summed E-state index contributed by atoms with van der Waals surface area (Å²) in [6, 6.07) is 17.7. The number of anilines is 1. The Morgan fingerprint density at radius 1 is 1.05 bits per heavy atom. The fraction of sp³-hybridized carbons (Fsp3) is 0.176. The largest absolute Gasteiger partial charge is 0.324 e. The van der Waals surface area contributed by atoms with E-state index in [0.29, 0.717) is 5.95 Å². The van der Waals surface area contributed by atoms with Crippen LogP contribution in [0.25, 0.3) is 11.0 Å². The maximum absolute atomic E-state index is 12.6. The Balaban J connectivity index is 1.61. The van der Waals surface area contributed by atoms with Crippen LogP contribution in [-0.4, -0.2) is 15.9 Å². The molecule has 1 fully saturated rings. The quantitative estimate of drug-likeness (QED) is 0.772. The molecule has 4 nitrogen and oxygen atoms in total. The van der Waals surface area contributed by atoms with Crippen LogP contribution in [-0.2, 0) is 10.2 Å².